The lowest BCUT2D eigenvalue weighted by atomic mass is 9.78. The highest BCUT2D eigenvalue weighted by atomic mass is 31.2. The third-order valence-corrected chi connectivity index (χ3v) is 6.27. The smallest absolute Gasteiger partial charge is 0.397 e. The van der Waals surface area contributed by atoms with Gasteiger partial charge in [-0.1, -0.05) is 80.6 Å². The number of rotatable bonds is 11. The fraction of sp³-hybridized carbons (Fsp3) is 0.296. The molecule has 5 nitrogen and oxygen atoms in total. The predicted octanol–water partition coefficient (Wildman–Crippen LogP) is 7.10. The molecule has 6 heteroatoms. The zero-order valence-electron chi connectivity index (χ0n) is 19.6. The molecular weight excluding hydrogens is 435 g/mol. The van der Waals surface area contributed by atoms with Crippen LogP contribution in [0.15, 0.2) is 72.8 Å². The Morgan fingerprint density at radius 2 is 1.39 bits per heavy atom. The summed E-state index contributed by atoms with van der Waals surface area (Å²) in [6.45, 7) is 8.51. The maximum atomic E-state index is 11.5. The van der Waals surface area contributed by atoms with Crippen molar-refractivity contribution in [2.45, 2.75) is 52.7 Å². The van der Waals surface area contributed by atoms with E-state index in [4.69, 9.17) is 13.6 Å². The topological polar surface area (TPSA) is 65.0 Å². The number of hydrogen-bond acceptors (Lipinski definition) is 4. The molecule has 0 aliphatic heterocycles. The molecule has 3 aromatic rings. The fourth-order valence-corrected chi connectivity index (χ4v) is 4.90. The molecule has 0 aliphatic carbocycles. The van der Waals surface area contributed by atoms with Crippen molar-refractivity contribution in [1.29, 1.82) is 0 Å². The first-order valence-electron chi connectivity index (χ1n) is 10.9. The van der Waals surface area contributed by atoms with Crippen molar-refractivity contribution < 1.29 is 23.5 Å². The van der Waals surface area contributed by atoms with E-state index in [1.54, 1.807) is 0 Å². The molecule has 0 spiro atoms. The second-order valence-electron chi connectivity index (χ2n) is 8.74. The summed E-state index contributed by atoms with van der Waals surface area (Å²) < 4.78 is 18.5. The summed E-state index contributed by atoms with van der Waals surface area (Å²) >= 11 is 0. The SMILES string of the molecule is Cc1cc(C)c(C(C)(C)CC(=O)O)c(OP(OCc2ccccc2)OCc2ccccc2)c1. The normalized spacial score (nSPS) is 11.5. The highest BCUT2D eigenvalue weighted by molar-refractivity contribution is 7.42. The van der Waals surface area contributed by atoms with Crippen LogP contribution in [0.2, 0.25) is 0 Å². The Bertz CT molecular complexity index is 1010. The molecule has 0 heterocycles. The average molecular weight is 467 g/mol. The minimum atomic E-state index is -1.74. The molecule has 1 N–H and O–H groups in total. The highest BCUT2D eigenvalue weighted by Gasteiger charge is 2.31. The van der Waals surface area contributed by atoms with Crippen molar-refractivity contribution in [3.05, 3.63) is 101 Å². The van der Waals surface area contributed by atoms with E-state index in [0.29, 0.717) is 19.0 Å². The first-order valence-corrected chi connectivity index (χ1v) is 12.0. The zero-order valence-corrected chi connectivity index (χ0v) is 20.5. The predicted molar refractivity (Wildman–Crippen MR) is 131 cm³/mol. The molecule has 0 radical (unpaired) electrons. The molecule has 0 aromatic heterocycles. The largest absolute Gasteiger partial charge is 0.481 e. The van der Waals surface area contributed by atoms with Gasteiger partial charge in [-0.2, -0.15) is 0 Å². The zero-order chi connectivity index (χ0) is 23.8. The maximum absolute atomic E-state index is 11.5. The van der Waals surface area contributed by atoms with Crippen LogP contribution >= 0.6 is 8.60 Å². The van der Waals surface area contributed by atoms with Crippen molar-refractivity contribution in [3.63, 3.8) is 0 Å². The summed E-state index contributed by atoms with van der Waals surface area (Å²) in [5.41, 5.74) is 4.27. The van der Waals surface area contributed by atoms with Crippen LogP contribution in [0.1, 0.15) is 48.1 Å². The maximum Gasteiger partial charge on any atom is 0.397 e. The Morgan fingerprint density at radius 3 is 1.88 bits per heavy atom. The Balaban J connectivity index is 1.87. The van der Waals surface area contributed by atoms with Crippen molar-refractivity contribution in [2.24, 2.45) is 0 Å². The highest BCUT2D eigenvalue weighted by Crippen LogP contribution is 2.47. The Morgan fingerprint density at radius 1 is 0.879 bits per heavy atom. The first-order chi connectivity index (χ1) is 15.7. The molecule has 0 saturated carbocycles. The molecule has 0 amide bonds. The van der Waals surface area contributed by atoms with Gasteiger partial charge >= 0.3 is 14.6 Å². The molecule has 0 atom stereocenters. The molecule has 3 aromatic carbocycles. The van der Waals surface area contributed by atoms with Crippen LogP contribution < -0.4 is 4.52 Å². The molecule has 0 aliphatic rings. The van der Waals surface area contributed by atoms with Crippen LogP contribution in [0, 0.1) is 13.8 Å². The van der Waals surface area contributed by atoms with Crippen LogP contribution in [-0.2, 0) is 32.5 Å². The summed E-state index contributed by atoms with van der Waals surface area (Å²) in [4.78, 5) is 11.5. The molecule has 0 fully saturated rings. The minimum Gasteiger partial charge on any atom is -0.481 e. The monoisotopic (exact) mass is 466 g/mol. The lowest BCUT2D eigenvalue weighted by molar-refractivity contribution is -0.138. The summed E-state index contributed by atoms with van der Waals surface area (Å²) in [6, 6.07) is 23.7. The first kappa shape index (κ1) is 24.9. The van der Waals surface area contributed by atoms with Crippen LogP contribution in [0.25, 0.3) is 0 Å². The minimum absolute atomic E-state index is 0.0130. The third kappa shape index (κ3) is 7.40. The van der Waals surface area contributed by atoms with Gasteiger partial charge < -0.3 is 9.63 Å². The lowest BCUT2D eigenvalue weighted by Gasteiger charge is -2.29. The van der Waals surface area contributed by atoms with Crippen LogP contribution in [0.5, 0.6) is 5.75 Å². The number of benzene rings is 3. The van der Waals surface area contributed by atoms with E-state index in [9.17, 15) is 9.90 Å². The Hall–Kier alpha value is -2.72. The van der Waals surface area contributed by atoms with E-state index in [1.165, 1.54) is 0 Å². The van der Waals surface area contributed by atoms with Gasteiger partial charge in [0.2, 0.25) is 0 Å². The van der Waals surface area contributed by atoms with Gasteiger partial charge in [-0.15, -0.1) is 0 Å². The Kier molecular flexibility index (Phi) is 8.62. The van der Waals surface area contributed by atoms with E-state index in [-0.39, 0.29) is 6.42 Å². The van der Waals surface area contributed by atoms with Crippen LogP contribution in [0.4, 0.5) is 0 Å². The van der Waals surface area contributed by atoms with Gasteiger partial charge in [-0.05, 0) is 42.2 Å². The summed E-state index contributed by atoms with van der Waals surface area (Å²) in [5.74, 6) is -0.250. The van der Waals surface area contributed by atoms with Crippen molar-refractivity contribution in [2.75, 3.05) is 0 Å². The molecule has 3 rings (SSSR count). The number of hydrogen-bond donors (Lipinski definition) is 1. The number of aryl methyl sites for hydroxylation is 2. The third-order valence-electron chi connectivity index (χ3n) is 5.25. The van der Waals surface area contributed by atoms with Gasteiger partial charge in [0.1, 0.15) is 5.75 Å². The van der Waals surface area contributed by atoms with Gasteiger partial charge in [-0.25, -0.2) is 0 Å². The summed E-state index contributed by atoms with van der Waals surface area (Å²) in [7, 11) is -1.74. The Labute approximate surface area is 197 Å². The second-order valence-corrected chi connectivity index (χ2v) is 9.89. The van der Waals surface area contributed by atoms with Gasteiger partial charge in [0.05, 0.1) is 19.6 Å². The standard InChI is InChI=1S/C27H31O5P/c1-20-15-21(2)26(27(3,4)17-25(28)29)24(16-20)32-33(30-18-22-11-7-5-8-12-22)31-19-23-13-9-6-10-14-23/h5-16H,17-19H2,1-4H3,(H,28,29). The van der Waals surface area contributed by atoms with Crippen molar-refractivity contribution >= 4 is 14.6 Å². The summed E-state index contributed by atoms with van der Waals surface area (Å²) in [5, 5.41) is 9.46. The van der Waals surface area contributed by atoms with Crippen molar-refractivity contribution in [3.8, 4) is 5.75 Å². The van der Waals surface area contributed by atoms with Gasteiger partial charge in [-0.3, -0.25) is 13.8 Å². The number of aliphatic carboxylic acids is 1. The number of carboxylic acids is 1. The molecule has 174 valence electrons. The lowest BCUT2D eigenvalue weighted by Crippen LogP contribution is -2.24. The van der Waals surface area contributed by atoms with E-state index in [2.05, 4.69) is 0 Å². The molecule has 0 bridgehead atoms. The van der Waals surface area contributed by atoms with Gasteiger partial charge in [0.15, 0.2) is 0 Å². The molecule has 33 heavy (non-hydrogen) atoms. The average Bonchev–Trinajstić information content (AvgIpc) is 2.75. The quantitative estimate of drug-likeness (QED) is 0.306. The molecule has 0 saturated heterocycles. The van der Waals surface area contributed by atoms with E-state index in [0.717, 1.165) is 27.8 Å². The molecular formula is C27H31O5P. The van der Waals surface area contributed by atoms with E-state index < -0.39 is 20.0 Å². The molecule has 0 unspecified atom stereocenters. The fourth-order valence-electron chi connectivity index (χ4n) is 3.91. The number of carbonyl (C=O) groups is 1. The van der Waals surface area contributed by atoms with Gasteiger partial charge in [0.25, 0.3) is 0 Å². The van der Waals surface area contributed by atoms with Crippen LogP contribution in [0.3, 0.4) is 0 Å². The summed E-state index contributed by atoms with van der Waals surface area (Å²) in [6.07, 6.45) is -0.0130. The van der Waals surface area contributed by atoms with E-state index >= 15 is 0 Å². The van der Waals surface area contributed by atoms with Crippen molar-refractivity contribution in [1.82, 2.24) is 0 Å². The second kappa shape index (κ2) is 11.4. The van der Waals surface area contributed by atoms with Gasteiger partial charge in [0, 0.05) is 11.0 Å². The number of carboxylic acid groups (broad SMARTS) is 1. The van der Waals surface area contributed by atoms with Crippen LogP contribution in [-0.4, -0.2) is 11.1 Å². The van der Waals surface area contributed by atoms with E-state index in [1.807, 2.05) is 100 Å².